The van der Waals surface area contributed by atoms with Gasteiger partial charge in [0.05, 0.1) is 15.9 Å². The fourth-order valence-electron chi connectivity index (χ4n) is 1.98. The molecule has 0 fully saturated rings. The van der Waals surface area contributed by atoms with Crippen LogP contribution in [0.2, 0.25) is 0 Å². The van der Waals surface area contributed by atoms with Crippen molar-refractivity contribution in [1.82, 2.24) is 9.55 Å². The van der Waals surface area contributed by atoms with Crippen LogP contribution in [0.3, 0.4) is 0 Å². The highest BCUT2D eigenvalue weighted by Crippen LogP contribution is 2.29. The molecule has 0 aliphatic heterocycles. The van der Waals surface area contributed by atoms with Gasteiger partial charge in [-0.1, -0.05) is 18.7 Å². The van der Waals surface area contributed by atoms with Gasteiger partial charge in [-0.2, -0.15) is 0 Å². The maximum atomic E-state index is 13.6. The average molecular weight is 373 g/mol. The third-order valence-corrected chi connectivity index (χ3v) is 4.51. The third-order valence-electron chi connectivity index (χ3n) is 2.97. The van der Waals surface area contributed by atoms with Crippen LogP contribution in [-0.4, -0.2) is 26.4 Å². The molecule has 0 saturated carbocycles. The number of rotatable bonds is 5. The van der Waals surface area contributed by atoms with Crippen molar-refractivity contribution in [2.75, 3.05) is 5.75 Å². The number of hydrogen-bond acceptors (Lipinski definition) is 3. The Morgan fingerprint density at radius 3 is 2.86 bits per heavy atom. The lowest BCUT2D eigenvalue weighted by molar-refractivity contribution is -0.133. The molecular formula is C14H14BrFN2O2S. The molecule has 21 heavy (non-hydrogen) atoms. The van der Waals surface area contributed by atoms with Crippen LogP contribution in [-0.2, 0) is 11.2 Å². The lowest BCUT2D eigenvalue weighted by Gasteiger charge is -2.14. The summed E-state index contributed by atoms with van der Waals surface area (Å²) in [6.45, 7) is 3.81. The fourth-order valence-corrected chi connectivity index (χ4v) is 3.04. The molecule has 0 unspecified atom stereocenters. The van der Waals surface area contributed by atoms with Crippen LogP contribution in [0.15, 0.2) is 28.0 Å². The minimum Gasteiger partial charge on any atom is -0.481 e. The maximum absolute atomic E-state index is 13.6. The highest BCUT2D eigenvalue weighted by atomic mass is 79.9. The quantitative estimate of drug-likeness (QED) is 0.810. The molecule has 2 aromatic rings. The highest BCUT2D eigenvalue weighted by Gasteiger charge is 2.16. The van der Waals surface area contributed by atoms with E-state index in [0.29, 0.717) is 9.63 Å². The third kappa shape index (κ3) is 3.47. The lowest BCUT2D eigenvalue weighted by Crippen LogP contribution is -2.06. The van der Waals surface area contributed by atoms with Crippen LogP contribution in [0.25, 0.3) is 5.69 Å². The number of aryl methyl sites for hydroxylation is 2. The first kappa shape index (κ1) is 16.0. The topological polar surface area (TPSA) is 55.1 Å². The van der Waals surface area contributed by atoms with Crippen molar-refractivity contribution in [3.8, 4) is 5.69 Å². The minimum absolute atomic E-state index is 0.0679. The molecule has 0 aliphatic carbocycles. The zero-order valence-corrected chi connectivity index (χ0v) is 14.0. The van der Waals surface area contributed by atoms with E-state index in [1.165, 1.54) is 6.07 Å². The molecule has 4 nitrogen and oxygen atoms in total. The number of halogens is 2. The van der Waals surface area contributed by atoms with Crippen LogP contribution in [0, 0.1) is 12.7 Å². The smallest absolute Gasteiger partial charge is 0.313 e. The summed E-state index contributed by atoms with van der Waals surface area (Å²) >= 11 is 4.34. The van der Waals surface area contributed by atoms with E-state index < -0.39 is 5.97 Å². The summed E-state index contributed by atoms with van der Waals surface area (Å²) < 4.78 is 15.8. The summed E-state index contributed by atoms with van der Waals surface area (Å²) in [5.74, 6) is -1.29. The number of aromatic nitrogens is 2. The molecule has 0 radical (unpaired) electrons. The normalized spacial score (nSPS) is 10.9. The van der Waals surface area contributed by atoms with E-state index in [2.05, 4.69) is 20.9 Å². The number of imidazole rings is 1. The van der Waals surface area contributed by atoms with Crippen LogP contribution in [0.1, 0.15) is 18.2 Å². The summed E-state index contributed by atoms with van der Waals surface area (Å²) in [6, 6.07) is 3.14. The Morgan fingerprint density at radius 1 is 1.52 bits per heavy atom. The summed E-state index contributed by atoms with van der Waals surface area (Å²) in [5, 5.41) is 9.41. The van der Waals surface area contributed by atoms with Crippen molar-refractivity contribution in [3.05, 3.63) is 39.9 Å². The molecule has 1 heterocycles. The van der Waals surface area contributed by atoms with E-state index in [1.807, 2.05) is 18.4 Å². The second-order valence-corrected chi connectivity index (χ2v) is 6.25. The molecule has 0 spiro atoms. The van der Waals surface area contributed by atoms with Gasteiger partial charge in [0, 0.05) is 11.9 Å². The number of carboxylic acid groups (broad SMARTS) is 1. The largest absolute Gasteiger partial charge is 0.481 e. The Morgan fingerprint density at radius 2 is 2.24 bits per heavy atom. The Bertz CT molecular complexity index is 688. The molecule has 112 valence electrons. The average Bonchev–Trinajstić information content (AvgIpc) is 2.83. The summed E-state index contributed by atoms with van der Waals surface area (Å²) in [4.78, 5) is 15.0. The number of carbonyl (C=O) groups is 1. The van der Waals surface area contributed by atoms with Gasteiger partial charge >= 0.3 is 5.97 Å². The summed E-state index contributed by atoms with van der Waals surface area (Å²) in [7, 11) is 0. The van der Waals surface area contributed by atoms with Gasteiger partial charge in [-0.15, -0.1) is 0 Å². The van der Waals surface area contributed by atoms with Gasteiger partial charge in [0.1, 0.15) is 5.82 Å². The van der Waals surface area contributed by atoms with Gasteiger partial charge in [0.2, 0.25) is 0 Å². The van der Waals surface area contributed by atoms with Crippen LogP contribution in [0.4, 0.5) is 4.39 Å². The highest BCUT2D eigenvalue weighted by molar-refractivity contribution is 9.10. The predicted octanol–water partition coefficient (Wildman–Crippen LogP) is 3.82. The Balaban J connectivity index is 2.53. The molecular weight excluding hydrogens is 359 g/mol. The lowest BCUT2D eigenvalue weighted by atomic mass is 10.2. The van der Waals surface area contributed by atoms with Crippen molar-refractivity contribution < 1.29 is 14.3 Å². The molecule has 2 rings (SSSR count). The van der Waals surface area contributed by atoms with Crippen LogP contribution in [0.5, 0.6) is 0 Å². The molecule has 7 heteroatoms. The van der Waals surface area contributed by atoms with E-state index in [4.69, 9.17) is 5.11 Å². The van der Waals surface area contributed by atoms with E-state index in [-0.39, 0.29) is 11.6 Å². The first-order valence-electron chi connectivity index (χ1n) is 6.31. The standard InChI is InChI=1S/C14H14BrFN2O2S/c1-3-9-6-17-14(21-7-13(19)20)18(9)12-5-10(15)11(16)4-8(12)2/h4-6H,3,7H2,1-2H3,(H,19,20). The number of nitrogens with zero attached hydrogens (tertiary/aromatic N) is 2. The molecule has 1 aromatic heterocycles. The van der Waals surface area contributed by atoms with Crippen molar-refractivity contribution in [2.45, 2.75) is 25.4 Å². The van der Waals surface area contributed by atoms with Gasteiger partial charge in [0.15, 0.2) is 5.16 Å². The van der Waals surface area contributed by atoms with Gasteiger partial charge in [-0.3, -0.25) is 9.36 Å². The molecule has 0 bridgehead atoms. The van der Waals surface area contributed by atoms with Gasteiger partial charge < -0.3 is 5.11 Å². The number of carboxylic acids is 1. The monoisotopic (exact) mass is 372 g/mol. The van der Waals surface area contributed by atoms with Crippen LogP contribution >= 0.6 is 27.7 Å². The van der Waals surface area contributed by atoms with Gasteiger partial charge in [-0.25, -0.2) is 9.37 Å². The molecule has 0 atom stereocenters. The summed E-state index contributed by atoms with van der Waals surface area (Å²) in [5.41, 5.74) is 2.51. The number of hydrogen-bond donors (Lipinski definition) is 1. The Labute approximate surface area is 134 Å². The second kappa shape index (κ2) is 6.62. The van der Waals surface area contributed by atoms with Gasteiger partial charge in [0.25, 0.3) is 0 Å². The first-order valence-corrected chi connectivity index (χ1v) is 8.09. The van der Waals surface area contributed by atoms with E-state index in [1.54, 1.807) is 12.3 Å². The number of aliphatic carboxylic acids is 1. The number of thioether (sulfide) groups is 1. The van der Waals surface area contributed by atoms with Gasteiger partial charge in [-0.05, 0) is 47.0 Å². The fraction of sp³-hybridized carbons (Fsp3) is 0.286. The molecule has 0 amide bonds. The second-order valence-electron chi connectivity index (χ2n) is 4.46. The minimum atomic E-state index is -0.899. The maximum Gasteiger partial charge on any atom is 0.313 e. The van der Waals surface area contributed by atoms with Crippen molar-refractivity contribution in [3.63, 3.8) is 0 Å². The molecule has 1 aromatic carbocycles. The molecule has 0 saturated heterocycles. The van der Waals surface area contributed by atoms with E-state index in [0.717, 1.165) is 35.1 Å². The van der Waals surface area contributed by atoms with E-state index in [9.17, 15) is 9.18 Å². The Kier molecular flexibility index (Phi) is 5.05. The van der Waals surface area contributed by atoms with Crippen LogP contribution < -0.4 is 0 Å². The SMILES string of the molecule is CCc1cnc(SCC(=O)O)n1-c1cc(Br)c(F)cc1C. The zero-order valence-electron chi connectivity index (χ0n) is 11.6. The molecule has 1 N–H and O–H groups in total. The zero-order chi connectivity index (χ0) is 15.6. The first-order chi connectivity index (χ1) is 9.93. The Hall–Kier alpha value is -1.34. The summed E-state index contributed by atoms with van der Waals surface area (Å²) in [6.07, 6.45) is 2.47. The van der Waals surface area contributed by atoms with Crippen molar-refractivity contribution >= 4 is 33.7 Å². The van der Waals surface area contributed by atoms with Crippen molar-refractivity contribution in [1.29, 1.82) is 0 Å². The predicted molar refractivity (Wildman–Crippen MR) is 83.7 cm³/mol. The van der Waals surface area contributed by atoms with Crippen molar-refractivity contribution in [2.24, 2.45) is 0 Å². The molecule has 0 aliphatic rings. The number of benzene rings is 1. The van der Waals surface area contributed by atoms with E-state index >= 15 is 0 Å².